The van der Waals surface area contributed by atoms with Crippen LogP contribution >= 0.6 is 0 Å². The lowest BCUT2D eigenvalue weighted by molar-refractivity contribution is -0.118. The maximum atomic E-state index is 12.9. The van der Waals surface area contributed by atoms with Gasteiger partial charge in [0.25, 0.3) is 0 Å². The average Bonchev–Trinajstić information content (AvgIpc) is 3.43. The van der Waals surface area contributed by atoms with E-state index in [1.165, 1.54) is 0 Å². The molecule has 37 heavy (non-hydrogen) atoms. The smallest absolute Gasteiger partial charge is 0.229 e. The van der Waals surface area contributed by atoms with Gasteiger partial charge in [0, 0.05) is 64.3 Å². The summed E-state index contributed by atoms with van der Waals surface area (Å²) in [6, 6.07) is 6.05. The Morgan fingerprint density at radius 1 is 1.24 bits per heavy atom. The molecule has 4 heterocycles. The summed E-state index contributed by atoms with van der Waals surface area (Å²) in [5.74, 6) is 1.53. The molecule has 1 aromatic carbocycles. The third-order valence-corrected chi connectivity index (χ3v) is 7.06. The Labute approximate surface area is 214 Å². The summed E-state index contributed by atoms with van der Waals surface area (Å²) in [4.78, 5) is 27.7. The first-order valence-corrected chi connectivity index (χ1v) is 12.8. The van der Waals surface area contributed by atoms with Crippen molar-refractivity contribution in [3.63, 3.8) is 0 Å². The van der Waals surface area contributed by atoms with Crippen LogP contribution in [-0.2, 0) is 17.9 Å². The molecule has 0 radical (unpaired) electrons. The number of aryl methyl sites for hydroxylation is 3. The fourth-order valence-electron chi connectivity index (χ4n) is 4.84. The van der Waals surface area contributed by atoms with Gasteiger partial charge in [-0.3, -0.25) is 9.63 Å². The number of benzene rings is 1. The van der Waals surface area contributed by atoms with Gasteiger partial charge in [0.1, 0.15) is 0 Å². The van der Waals surface area contributed by atoms with Gasteiger partial charge in [0.15, 0.2) is 11.6 Å². The van der Waals surface area contributed by atoms with Gasteiger partial charge in [-0.05, 0) is 51.8 Å². The normalized spacial score (nSPS) is 18.1. The van der Waals surface area contributed by atoms with E-state index in [0.29, 0.717) is 31.5 Å². The molecular weight excluding hydrogens is 470 g/mol. The summed E-state index contributed by atoms with van der Waals surface area (Å²) in [6.07, 6.45) is 7.21. The highest BCUT2D eigenvalue weighted by Crippen LogP contribution is 2.36. The molecule has 1 aliphatic carbocycles. The molecule has 2 N–H and O–H groups in total. The predicted octanol–water partition coefficient (Wildman–Crippen LogP) is 3.70. The van der Waals surface area contributed by atoms with E-state index in [1.54, 1.807) is 15.9 Å². The van der Waals surface area contributed by atoms with Crippen molar-refractivity contribution >= 4 is 28.3 Å². The minimum atomic E-state index is -0.462. The molecule has 1 atom stereocenters. The summed E-state index contributed by atoms with van der Waals surface area (Å²) in [6.45, 7) is 8.13. The Hall–Kier alpha value is -3.60. The summed E-state index contributed by atoms with van der Waals surface area (Å²) >= 11 is 0. The number of nitrogens with one attached hydrogen (secondary N) is 1. The first kappa shape index (κ1) is 23.8. The van der Waals surface area contributed by atoms with Crippen molar-refractivity contribution in [2.24, 2.45) is 5.92 Å². The van der Waals surface area contributed by atoms with E-state index in [2.05, 4.69) is 26.9 Å². The van der Waals surface area contributed by atoms with Gasteiger partial charge in [-0.1, -0.05) is 0 Å². The molecule has 0 amide bonds. The molecule has 3 aromatic heterocycles. The summed E-state index contributed by atoms with van der Waals surface area (Å²) in [5.41, 5.74) is 5.43. The number of fused-ring (bicyclic) bond motifs is 1. The van der Waals surface area contributed by atoms with Crippen LogP contribution in [0.3, 0.4) is 0 Å². The van der Waals surface area contributed by atoms with Crippen LogP contribution in [0.25, 0.3) is 16.7 Å². The molecule has 10 heteroatoms. The highest BCUT2D eigenvalue weighted by atomic mass is 16.7. The number of aromatic nitrogens is 5. The number of hydrogen-bond acceptors (Lipinski definition) is 8. The van der Waals surface area contributed by atoms with E-state index in [9.17, 15) is 9.90 Å². The molecule has 2 fully saturated rings. The lowest BCUT2D eigenvalue weighted by Crippen LogP contribution is -2.20. The molecular formula is C27H31N7O3. The quantitative estimate of drug-likeness (QED) is 0.352. The lowest BCUT2D eigenvalue weighted by atomic mass is 10.1. The zero-order valence-corrected chi connectivity index (χ0v) is 21.3. The topological polar surface area (TPSA) is 110 Å². The SMILES string of the molecule is CCn1cc(C(=O)C2CC2)c2cc(Nc3ncc(C)c(-n4cc(CN5CC(O)CO5)c(C)n4)n3)ccc21. The molecule has 1 unspecified atom stereocenters. The second-order valence-corrected chi connectivity index (χ2v) is 9.98. The van der Waals surface area contributed by atoms with Gasteiger partial charge in [-0.2, -0.15) is 15.1 Å². The zero-order chi connectivity index (χ0) is 25.7. The highest BCUT2D eigenvalue weighted by Gasteiger charge is 2.32. The molecule has 2 aliphatic rings. The monoisotopic (exact) mass is 501 g/mol. The van der Waals surface area contributed by atoms with Gasteiger partial charge < -0.3 is 15.0 Å². The van der Waals surface area contributed by atoms with Gasteiger partial charge in [0.05, 0.1) is 31.5 Å². The van der Waals surface area contributed by atoms with E-state index in [1.807, 2.05) is 44.4 Å². The van der Waals surface area contributed by atoms with Crippen molar-refractivity contribution in [1.29, 1.82) is 0 Å². The maximum absolute atomic E-state index is 12.9. The Morgan fingerprint density at radius 2 is 2.08 bits per heavy atom. The van der Waals surface area contributed by atoms with Gasteiger partial charge in [-0.15, -0.1) is 0 Å². The van der Waals surface area contributed by atoms with E-state index in [0.717, 1.165) is 58.4 Å². The van der Waals surface area contributed by atoms with Crippen molar-refractivity contribution in [3.05, 3.63) is 59.2 Å². The van der Waals surface area contributed by atoms with Crippen LogP contribution in [0.1, 0.15) is 46.9 Å². The van der Waals surface area contributed by atoms with E-state index < -0.39 is 6.10 Å². The molecule has 4 aromatic rings. The number of carbonyl (C=O) groups is 1. The molecule has 192 valence electrons. The largest absolute Gasteiger partial charge is 0.389 e. The number of aliphatic hydroxyl groups is 1. The highest BCUT2D eigenvalue weighted by molar-refractivity contribution is 6.10. The first-order chi connectivity index (χ1) is 17.9. The number of ketones is 1. The van der Waals surface area contributed by atoms with Crippen molar-refractivity contribution < 1.29 is 14.7 Å². The van der Waals surface area contributed by atoms with Crippen molar-refractivity contribution in [3.8, 4) is 5.82 Å². The maximum Gasteiger partial charge on any atom is 0.229 e. The van der Waals surface area contributed by atoms with Crippen LogP contribution in [0.15, 0.2) is 36.8 Å². The number of anilines is 2. The Bertz CT molecular complexity index is 1490. The Kier molecular flexibility index (Phi) is 6.02. The minimum absolute atomic E-state index is 0.167. The fourth-order valence-corrected chi connectivity index (χ4v) is 4.84. The molecule has 0 spiro atoms. The van der Waals surface area contributed by atoms with Gasteiger partial charge in [0.2, 0.25) is 5.95 Å². The average molecular weight is 502 g/mol. The second kappa shape index (κ2) is 9.37. The van der Waals surface area contributed by atoms with Crippen LogP contribution in [0.2, 0.25) is 0 Å². The third kappa shape index (κ3) is 4.63. The number of nitrogens with zero attached hydrogens (tertiary/aromatic N) is 6. The molecule has 10 nitrogen and oxygen atoms in total. The molecule has 1 saturated heterocycles. The number of rotatable bonds is 8. The second-order valence-electron chi connectivity index (χ2n) is 9.98. The lowest BCUT2D eigenvalue weighted by Gasteiger charge is -2.12. The standard InChI is InChI=1S/C27H31N7O3/c1-4-32-14-23(25(36)18-5-6-18)22-9-20(7-8-24(22)32)29-27-28-10-16(2)26(30-27)34-12-19(17(3)31-34)11-33-13-21(35)15-37-33/h7-10,12,14,18,21,35H,4-6,11,13,15H2,1-3H3,(H,28,29,30). The van der Waals surface area contributed by atoms with Gasteiger partial charge in [-0.25, -0.2) is 9.67 Å². The van der Waals surface area contributed by atoms with Crippen molar-refractivity contribution in [2.45, 2.75) is 52.8 Å². The number of carbonyl (C=O) groups excluding carboxylic acids is 1. The minimum Gasteiger partial charge on any atom is -0.389 e. The van der Waals surface area contributed by atoms with E-state index in [4.69, 9.17) is 9.82 Å². The summed E-state index contributed by atoms with van der Waals surface area (Å²) in [7, 11) is 0. The van der Waals surface area contributed by atoms with Crippen LogP contribution < -0.4 is 5.32 Å². The summed E-state index contributed by atoms with van der Waals surface area (Å²) in [5, 5.41) is 20.4. The molecule has 1 saturated carbocycles. The number of aliphatic hydroxyl groups excluding tert-OH is 1. The third-order valence-electron chi connectivity index (χ3n) is 7.06. The van der Waals surface area contributed by atoms with Crippen LogP contribution in [0, 0.1) is 19.8 Å². The number of hydrogen-bond donors (Lipinski definition) is 2. The molecule has 6 rings (SSSR count). The summed E-state index contributed by atoms with van der Waals surface area (Å²) < 4.78 is 3.89. The fraction of sp³-hybridized carbons (Fsp3) is 0.407. The predicted molar refractivity (Wildman–Crippen MR) is 139 cm³/mol. The van der Waals surface area contributed by atoms with E-state index in [-0.39, 0.29) is 11.7 Å². The first-order valence-electron chi connectivity index (χ1n) is 12.8. The zero-order valence-electron chi connectivity index (χ0n) is 21.3. The van der Waals surface area contributed by atoms with E-state index >= 15 is 0 Å². The number of Topliss-reactive ketones (excluding diaryl/α,β-unsaturated/α-hetero) is 1. The van der Waals surface area contributed by atoms with Crippen molar-refractivity contribution in [1.82, 2.24) is 29.4 Å². The number of hydroxylamine groups is 2. The molecule has 0 bridgehead atoms. The number of β-amino-alcohol motifs (C(OH)–C–C–N with tert-alkyl or cyclic N) is 1. The molecule has 1 aliphatic heterocycles. The Morgan fingerprint density at radius 3 is 2.81 bits per heavy atom. The Balaban J connectivity index is 1.27. The van der Waals surface area contributed by atoms with Crippen LogP contribution in [0.4, 0.5) is 11.6 Å². The van der Waals surface area contributed by atoms with Crippen LogP contribution in [-0.4, -0.2) is 59.5 Å². The van der Waals surface area contributed by atoms with Crippen LogP contribution in [0.5, 0.6) is 0 Å². The van der Waals surface area contributed by atoms with Crippen molar-refractivity contribution in [2.75, 3.05) is 18.5 Å². The van der Waals surface area contributed by atoms with Gasteiger partial charge >= 0.3 is 0 Å².